The average Bonchev–Trinajstić information content (AvgIpc) is 2.82. The third-order valence-electron chi connectivity index (χ3n) is 2.19. The number of thiophene rings is 1. The Labute approximate surface area is 113 Å². The molecule has 0 spiro atoms. The summed E-state index contributed by atoms with van der Waals surface area (Å²) in [5.41, 5.74) is 0.990. The van der Waals surface area contributed by atoms with Crippen molar-refractivity contribution in [3.63, 3.8) is 0 Å². The van der Waals surface area contributed by atoms with Crippen LogP contribution in [0.1, 0.15) is 30.7 Å². The van der Waals surface area contributed by atoms with E-state index < -0.39 is 0 Å². The number of hydrogen-bond donors (Lipinski definition) is 1. The van der Waals surface area contributed by atoms with Crippen LogP contribution in [0.3, 0.4) is 0 Å². The Hall–Kier alpha value is -0.860. The molecular weight excluding hydrogens is 248 g/mol. The molecule has 0 aliphatic rings. The maximum atomic E-state index is 8.63. The van der Waals surface area contributed by atoms with Crippen LogP contribution in [-0.4, -0.2) is 31.0 Å². The molecule has 0 radical (unpaired) electrons. The van der Waals surface area contributed by atoms with E-state index in [4.69, 9.17) is 14.6 Å². The molecule has 1 heterocycles. The predicted molar refractivity (Wildman–Crippen MR) is 73.6 cm³/mol. The molecule has 1 N–H and O–H groups in total. The van der Waals surface area contributed by atoms with Crippen molar-refractivity contribution in [2.24, 2.45) is 0 Å². The van der Waals surface area contributed by atoms with Gasteiger partial charge in [-0.3, -0.25) is 0 Å². The van der Waals surface area contributed by atoms with E-state index in [1.54, 1.807) is 11.3 Å². The zero-order valence-electron chi connectivity index (χ0n) is 10.9. The van der Waals surface area contributed by atoms with Crippen molar-refractivity contribution in [2.45, 2.75) is 33.0 Å². The summed E-state index contributed by atoms with van der Waals surface area (Å²) >= 11 is 1.64. The fraction of sp³-hybridized carbons (Fsp3) is 0.571. The number of rotatable bonds is 7. The highest BCUT2D eigenvalue weighted by atomic mass is 32.1. The second kappa shape index (κ2) is 9.12. The summed E-state index contributed by atoms with van der Waals surface area (Å²) in [4.78, 5) is 1.16. The van der Waals surface area contributed by atoms with Gasteiger partial charge in [0.25, 0.3) is 0 Å². The van der Waals surface area contributed by atoms with Gasteiger partial charge >= 0.3 is 0 Å². The quantitative estimate of drug-likeness (QED) is 0.772. The summed E-state index contributed by atoms with van der Waals surface area (Å²) < 4.78 is 11.0. The van der Waals surface area contributed by atoms with Crippen molar-refractivity contribution in [1.29, 1.82) is 0 Å². The first-order valence-corrected chi connectivity index (χ1v) is 7.00. The predicted octanol–water partition coefficient (Wildman–Crippen LogP) is 2.42. The average molecular weight is 268 g/mol. The molecule has 0 bridgehead atoms. The molecule has 1 rings (SSSR count). The SMILES string of the molecule is CCOCC(C)OCc1cc(C#CCCO)cs1. The van der Waals surface area contributed by atoms with Gasteiger partial charge in [-0.15, -0.1) is 11.3 Å². The molecule has 100 valence electrons. The zero-order valence-corrected chi connectivity index (χ0v) is 11.8. The van der Waals surface area contributed by atoms with Crippen LogP contribution in [0.5, 0.6) is 0 Å². The Morgan fingerprint density at radius 2 is 2.33 bits per heavy atom. The molecule has 0 aliphatic heterocycles. The lowest BCUT2D eigenvalue weighted by Crippen LogP contribution is -2.15. The summed E-state index contributed by atoms with van der Waals surface area (Å²) in [6.07, 6.45) is 0.628. The number of aliphatic hydroxyl groups is 1. The third-order valence-corrected chi connectivity index (χ3v) is 3.10. The van der Waals surface area contributed by atoms with E-state index >= 15 is 0 Å². The molecule has 1 aromatic rings. The van der Waals surface area contributed by atoms with Gasteiger partial charge in [0, 0.05) is 28.8 Å². The monoisotopic (exact) mass is 268 g/mol. The highest BCUT2D eigenvalue weighted by molar-refractivity contribution is 7.10. The first kappa shape index (κ1) is 15.2. The van der Waals surface area contributed by atoms with Gasteiger partial charge in [0.15, 0.2) is 0 Å². The Morgan fingerprint density at radius 3 is 3.06 bits per heavy atom. The Kier molecular flexibility index (Phi) is 7.70. The van der Waals surface area contributed by atoms with Gasteiger partial charge in [0.05, 0.1) is 25.9 Å². The minimum Gasteiger partial charge on any atom is -0.395 e. The lowest BCUT2D eigenvalue weighted by atomic mass is 10.3. The van der Waals surface area contributed by atoms with Gasteiger partial charge in [-0.1, -0.05) is 11.8 Å². The summed E-state index contributed by atoms with van der Waals surface area (Å²) in [6, 6.07) is 2.03. The van der Waals surface area contributed by atoms with E-state index in [2.05, 4.69) is 11.8 Å². The highest BCUT2D eigenvalue weighted by Gasteiger charge is 2.04. The number of ether oxygens (including phenoxy) is 2. The summed E-state index contributed by atoms with van der Waals surface area (Å²) in [5, 5.41) is 10.6. The molecule has 3 nitrogen and oxygen atoms in total. The lowest BCUT2D eigenvalue weighted by molar-refractivity contribution is -0.0107. The van der Waals surface area contributed by atoms with Crippen molar-refractivity contribution >= 4 is 11.3 Å². The molecule has 1 aromatic heterocycles. The fourth-order valence-corrected chi connectivity index (χ4v) is 2.04. The summed E-state index contributed by atoms with van der Waals surface area (Å²) in [5.74, 6) is 5.91. The number of hydrogen-bond acceptors (Lipinski definition) is 4. The maximum absolute atomic E-state index is 8.63. The molecule has 4 heteroatoms. The van der Waals surface area contributed by atoms with E-state index in [-0.39, 0.29) is 12.7 Å². The standard InChI is InChI=1S/C14H20O3S/c1-3-16-9-12(2)17-10-14-8-13(11-18-14)6-4-5-7-15/h8,11-12,15H,3,5,7,9-10H2,1-2H3. The van der Waals surface area contributed by atoms with Crippen LogP contribution in [0.15, 0.2) is 11.4 Å². The van der Waals surface area contributed by atoms with Crippen molar-refractivity contribution in [3.8, 4) is 11.8 Å². The van der Waals surface area contributed by atoms with E-state index in [9.17, 15) is 0 Å². The van der Waals surface area contributed by atoms with E-state index in [0.717, 1.165) is 17.0 Å². The van der Waals surface area contributed by atoms with Crippen LogP contribution in [0.4, 0.5) is 0 Å². The Balaban J connectivity index is 2.33. The molecule has 0 saturated heterocycles. The smallest absolute Gasteiger partial charge is 0.0814 e. The van der Waals surface area contributed by atoms with Crippen molar-refractivity contribution in [3.05, 3.63) is 21.9 Å². The van der Waals surface area contributed by atoms with Gasteiger partial charge in [0.1, 0.15) is 0 Å². The first-order chi connectivity index (χ1) is 8.76. The van der Waals surface area contributed by atoms with Crippen molar-refractivity contribution in [1.82, 2.24) is 0 Å². The molecule has 0 aliphatic carbocycles. The maximum Gasteiger partial charge on any atom is 0.0814 e. The molecule has 1 unspecified atom stereocenters. The van der Waals surface area contributed by atoms with Gasteiger partial charge in [-0.05, 0) is 19.9 Å². The lowest BCUT2D eigenvalue weighted by Gasteiger charge is -2.11. The fourth-order valence-electron chi connectivity index (χ4n) is 1.30. The molecule has 0 fully saturated rings. The van der Waals surface area contributed by atoms with Gasteiger partial charge in [0.2, 0.25) is 0 Å². The van der Waals surface area contributed by atoms with Crippen LogP contribution < -0.4 is 0 Å². The van der Waals surface area contributed by atoms with Crippen LogP contribution in [0.25, 0.3) is 0 Å². The Morgan fingerprint density at radius 1 is 1.50 bits per heavy atom. The van der Waals surface area contributed by atoms with Crippen molar-refractivity contribution < 1.29 is 14.6 Å². The Bertz CT molecular complexity index is 389. The topological polar surface area (TPSA) is 38.7 Å². The van der Waals surface area contributed by atoms with Crippen LogP contribution in [-0.2, 0) is 16.1 Å². The van der Waals surface area contributed by atoms with Crippen LogP contribution in [0.2, 0.25) is 0 Å². The third kappa shape index (κ3) is 6.18. The zero-order chi connectivity index (χ0) is 13.2. The van der Waals surface area contributed by atoms with Crippen molar-refractivity contribution in [2.75, 3.05) is 19.8 Å². The van der Waals surface area contributed by atoms with Crippen LogP contribution in [0, 0.1) is 11.8 Å². The second-order valence-electron chi connectivity index (χ2n) is 3.86. The first-order valence-electron chi connectivity index (χ1n) is 6.12. The molecule has 1 atom stereocenters. The van der Waals surface area contributed by atoms with E-state index in [0.29, 0.717) is 19.6 Å². The van der Waals surface area contributed by atoms with E-state index in [1.807, 2.05) is 25.3 Å². The van der Waals surface area contributed by atoms with Gasteiger partial charge < -0.3 is 14.6 Å². The molecule has 0 saturated carbocycles. The normalized spacial score (nSPS) is 11.9. The molecule has 0 amide bonds. The largest absolute Gasteiger partial charge is 0.395 e. The molecule has 18 heavy (non-hydrogen) atoms. The highest BCUT2D eigenvalue weighted by Crippen LogP contribution is 2.15. The minimum atomic E-state index is 0.107. The van der Waals surface area contributed by atoms with Crippen LogP contribution >= 0.6 is 11.3 Å². The second-order valence-corrected chi connectivity index (χ2v) is 4.85. The van der Waals surface area contributed by atoms with Gasteiger partial charge in [-0.2, -0.15) is 0 Å². The summed E-state index contributed by atoms with van der Waals surface area (Å²) in [7, 11) is 0. The molecule has 0 aromatic carbocycles. The van der Waals surface area contributed by atoms with Gasteiger partial charge in [-0.25, -0.2) is 0 Å². The number of aliphatic hydroxyl groups excluding tert-OH is 1. The summed E-state index contributed by atoms with van der Waals surface area (Å²) in [6.45, 7) is 6.04. The molecular formula is C14H20O3S. The minimum absolute atomic E-state index is 0.107. The van der Waals surface area contributed by atoms with E-state index in [1.165, 1.54) is 0 Å².